The van der Waals surface area contributed by atoms with Crippen LogP contribution in [-0.2, 0) is 16.6 Å². The molecule has 1 aromatic heterocycles. The summed E-state index contributed by atoms with van der Waals surface area (Å²) in [7, 11) is -4.06. The van der Waals surface area contributed by atoms with Gasteiger partial charge in [-0.25, -0.2) is 8.42 Å². The number of nitrogens with one attached hydrogen (secondary N) is 3. The smallest absolute Gasteiger partial charge is 0.293 e. The number of hydrogen-bond acceptors (Lipinski definition) is 6. The van der Waals surface area contributed by atoms with Crippen molar-refractivity contribution in [3.8, 4) is 0 Å². The van der Waals surface area contributed by atoms with Gasteiger partial charge in [0, 0.05) is 23.9 Å². The van der Waals surface area contributed by atoms with Crippen molar-refractivity contribution < 1.29 is 13.3 Å². The van der Waals surface area contributed by atoms with Crippen LogP contribution in [0.25, 0.3) is 0 Å². The van der Waals surface area contributed by atoms with E-state index in [1.54, 1.807) is 12.1 Å². The highest BCUT2D eigenvalue weighted by Gasteiger charge is 2.22. The molecule has 2 aromatic carbocycles. The first-order valence-corrected chi connectivity index (χ1v) is 10.4. The number of rotatable bonds is 7. The maximum atomic E-state index is 12.6. The Hall–Kier alpha value is -3.11. The van der Waals surface area contributed by atoms with E-state index in [1.807, 2.05) is 13.8 Å². The van der Waals surface area contributed by atoms with Crippen molar-refractivity contribution in [1.29, 1.82) is 0 Å². The molecule has 3 rings (SSSR count). The number of aromatic amines is 1. The molecule has 0 bridgehead atoms. The lowest BCUT2D eigenvalue weighted by Crippen LogP contribution is -2.14. The molecular weight excluding hydrogens is 418 g/mol. The van der Waals surface area contributed by atoms with Gasteiger partial charge in [0.15, 0.2) is 0 Å². The highest BCUT2D eigenvalue weighted by Crippen LogP contribution is 2.30. The van der Waals surface area contributed by atoms with Crippen molar-refractivity contribution in [3.05, 3.63) is 74.6 Å². The number of nitrogens with zero attached hydrogens (tertiary/aromatic N) is 2. The van der Waals surface area contributed by atoms with Gasteiger partial charge in [-0.05, 0) is 38.1 Å². The summed E-state index contributed by atoms with van der Waals surface area (Å²) in [6.07, 6.45) is 0. The summed E-state index contributed by atoms with van der Waals surface area (Å²) in [4.78, 5) is 10.6. The molecule has 3 N–H and O–H groups in total. The summed E-state index contributed by atoms with van der Waals surface area (Å²) in [6, 6.07) is 9.99. The molecule has 0 spiro atoms. The minimum absolute atomic E-state index is 0.185. The van der Waals surface area contributed by atoms with Gasteiger partial charge in [0.2, 0.25) is 0 Å². The van der Waals surface area contributed by atoms with Crippen LogP contribution in [0.2, 0.25) is 5.02 Å². The molecule has 0 fully saturated rings. The predicted octanol–water partition coefficient (Wildman–Crippen LogP) is 4.00. The minimum atomic E-state index is -4.06. The number of aromatic nitrogens is 2. The van der Waals surface area contributed by atoms with Crippen molar-refractivity contribution in [2.45, 2.75) is 25.3 Å². The van der Waals surface area contributed by atoms with Crippen LogP contribution >= 0.6 is 11.6 Å². The number of H-pyrrole nitrogens is 1. The summed E-state index contributed by atoms with van der Waals surface area (Å²) in [5.41, 5.74) is 2.54. The monoisotopic (exact) mass is 435 g/mol. The van der Waals surface area contributed by atoms with Gasteiger partial charge in [-0.15, -0.1) is 0 Å². The SMILES string of the molecule is Cc1n[nH]c(C)c1CNc1ccc(S(=O)(=O)Nc2ccccc2Cl)cc1[N+](=O)[O-]. The molecule has 0 atom stereocenters. The Morgan fingerprint density at radius 2 is 1.90 bits per heavy atom. The number of halogens is 1. The van der Waals surface area contributed by atoms with Gasteiger partial charge >= 0.3 is 0 Å². The number of nitro benzene ring substituents is 1. The van der Waals surface area contributed by atoms with E-state index in [4.69, 9.17) is 11.6 Å². The number of para-hydroxylation sites is 1. The van der Waals surface area contributed by atoms with Gasteiger partial charge in [-0.1, -0.05) is 23.7 Å². The first-order valence-electron chi connectivity index (χ1n) is 8.49. The van der Waals surface area contributed by atoms with E-state index < -0.39 is 14.9 Å². The van der Waals surface area contributed by atoms with Crippen LogP contribution in [0.15, 0.2) is 47.4 Å². The summed E-state index contributed by atoms with van der Waals surface area (Å²) in [5, 5.41) is 21.6. The molecule has 3 aromatic rings. The zero-order valence-electron chi connectivity index (χ0n) is 15.6. The van der Waals surface area contributed by atoms with Crippen LogP contribution < -0.4 is 10.0 Å². The maximum absolute atomic E-state index is 12.6. The van der Waals surface area contributed by atoms with Crippen molar-refractivity contribution in [3.63, 3.8) is 0 Å². The van der Waals surface area contributed by atoms with E-state index in [1.165, 1.54) is 24.3 Å². The lowest BCUT2D eigenvalue weighted by molar-refractivity contribution is -0.384. The molecule has 0 saturated heterocycles. The number of hydrogen-bond donors (Lipinski definition) is 3. The molecule has 11 heteroatoms. The lowest BCUT2D eigenvalue weighted by Gasteiger charge is -2.11. The van der Waals surface area contributed by atoms with Crippen LogP contribution in [0.5, 0.6) is 0 Å². The summed E-state index contributed by atoms with van der Waals surface area (Å²) < 4.78 is 27.6. The van der Waals surface area contributed by atoms with E-state index in [0.29, 0.717) is 6.54 Å². The van der Waals surface area contributed by atoms with Crippen LogP contribution in [0, 0.1) is 24.0 Å². The number of benzene rings is 2. The average molecular weight is 436 g/mol. The predicted molar refractivity (Wildman–Crippen MR) is 111 cm³/mol. The van der Waals surface area contributed by atoms with E-state index in [9.17, 15) is 18.5 Å². The van der Waals surface area contributed by atoms with Crippen LogP contribution in [-0.4, -0.2) is 23.5 Å². The third-order valence-corrected chi connectivity index (χ3v) is 6.02. The number of sulfonamides is 1. The van der Waals surface area contributed by atoms with Gasteiger partial charge < -0.3 is 5.32 Å². The van der Waals surface area contributed by atoms with Gasteiger partial charge in [0.05, 0.1) is 26.2 Å². The zero-order valence-corrected chi connectivity index (χ0v) is 17.1. The first kappa shape index (κ1) is 20.6. The first-order chi connectivity index (χ1) is 13.7. The molecule has 29 heavy (non-hydrogen) atoms. The maximum Gasteiger partial charge on any atom is 0.293 e. The Kier molecular flexibility index (Phi) is 5.76. The molecule has 152 valence electrons. The average Bonchev–Trinajstić information content (AvgIpc) is 2.99. The van der Waals surface area contributed by atoms with E-state index in [2.05, 4.69) is 20.2 Å². The van der Waals surface area contributed by atoms with Gasteiger partial charge in [0.25, 0.3) is 15.7 Å². The molecule has 0 aliphatic heterocycles. The largest absolute Gasteiger partial charge is 0.375 e. The Balaban J connectivity index is 1.89. The molecule has 0 radical (unpaired) electrons. The summed E-state index contributed by atoms with van der Waals surface area (Å²) in [5.74, 6) is 0. The molecule has 0 saturated carbocycles. The molecule has 1 heterocycles. The highest BCUT2D eigenvalue weighted by molar-refractivity contribution is 7.92. The second-order valence-corrected chi connectivity index (χ2v) is 8.38. The van der Waals surface area contributed by atoms with Gasteiger partial charge in [-0.2, -0.15) is 5.10 Å². The van der Waals surface area contributed by atoms with Gasteiger partial charge in [0.1, 0.15) is 5.69 Å². The number of anilines is 2. The van der Waals surface area contributed by atoms with Crippen molar-refractivity contribution >= 4 is 38.7 Å². The van der Waals surface area contributed by atoms with E-state index in [0.717, 1.165) is 23.0 Å². The molecule has 0 aliphatic carbocycles. The number of nitro groups is 1. The fraction of sp³-hybridized carbons (Fsp3) is 0.167. The molecule has 9 nitrogen and oxygen atoms in total. The van der Waals surface area contributed by atoms with Crippen LogP contribution in [0.1, 0.15) is 17.0 Å². The minimum Gasteiger partial charge on any atom is -0.375 e. The van der Waals surface area contributed by atoms with E-state index >= 15 is 0 Å². The fourth-order valence-corrected chi connectivity index (χ4v) is 4.08. The molecular formula is C18H18ClN5O4S. The molecule has 0 unspecified atom stereocenters. The van der Waals surface area contributed by atoms with Gasteiger partial charge in [-0.3, -0.25) is 19.9 Å². The van der Waals surface area contributed by atoms with Crippen molar-refractivity contribution in [2.24, 2.45) is 0 Å². The molecule has 0 aliphatic rings. The molecule has 0 amide bonds. The zero-order chi connectivity index (χ0) is 21.2. The van der Waals surface area contributed by atoms with E-state index in [-0.39, 0.29) is 27.0 Å². The van der Waals surface area contributed by atoms with Crippen molar-refractivity contribution in [2.75, 3.05) is 10.0 Å². The third-order valence-electron chi connectivity index (χ3n) is 4.33. The standard InChI is InChI=1S/C18H18ClN5O4S/c1-11-14(12(2)22-21-11)10-20-17-8-7-13(9-18(17)24(25)26)29(27,28)23-16-6-4-3-5-15(16)19/h3-9,20,23H,10H2,1-2H3,(H,21,22). The third kappa shape index (κ3) is 4.49. The summed E-state index contributed by atoms with van der Waals surface area (Å²) >= 11 is 5.99. The number of aryl methyl sites for hydroxylation is 2. The Morgan fingerprint density at radius 1 is 1.17 bits per heavy atom. The topological polar surface area (TPSA) is 130 Å². The fourth-order valence-electron chi connectivity index (χ4n) is 2.74. The second-order valence-electron chi connectivity index (χ2n) is 6.29. The van der Waals surface area contributed by atoms with Crippen LogP contribution in [0.3, 0.4) is 0 Å². The van der Waals surface area contributed by atoms with Crippen LogP contribution in [0.4, 0.5) is 17.1 Å². The second kappa shape index (κ2) is 8.10. The lowest BCUT2D eigenvalue weighted by atomic mass is 10.2. The Morgan fingerprint density at radius 3 is 2.52 bits per heavy atom. The quantitative estimate of drug-likeness (QED) is 0.379. The highest BCUT2D eigenvalue weighted by atomic mass is 35.5. The van der Waals surface area contributed by atoms with Crippen molar-refractivity contribution in [1.82, 2.24) is 10.2 Å². The normalized spacial score (nSPS) is 11.3. The Labute approximate surface area is 172 Å². The summed E-state index contributed by atoms with van der Waals surface area (Å²) in [6.45, 7) is 3.98. The Bertz CT molecular complexity index is 1160.